The molecule has 0 atom stereocenters. The van der Waals surface area contributed by atoms with Crippen LogP contribution in [0.3, 0.4) is 0 Å². The fourth-order valence-electron chi connectivity index (χ4n) is 3.58. The Morgan fingerprint density at radius 1 is 0.967 bits per heavy atom. The van der Waals surface area contributed by atoms with E-state index in [4.69, 9.17) is 11.6 Å². The third kappa shape index (κ3) is 4.48. The van der Waals surface area contributed by atoms with E-state index in [0.717, 1.165) is 17.2 Å². The minimum Gasteiger partial charge on any atom is -0.352 e. The van der Waals surface area contributed by atoms with Gasteiger partial charge in [0.1, 0.15) is 0 Å². The summed E-state index contributed by atoms with van der Waals surface area (Å²) in [5, 5.41) is 13.6. The molecule has 2 aromatic heterocycles. The van der Waals surface area contributed by atoms with Crippen LogP contribution in [0.25, 0.3) is 5.82 Å². The molecule has 1 aliphatic rings. The molecular weight excluding hydrogens is 424 g/mol. The Morgan fingerprint density at radius 3 is 2.27 bits per heavy atom. The van der Waals surface area contributed by atoms with E-state index in [-0.39, 0.29) is 5.75 Å². The summed E-state index contributed by atoms with van der Waals surface area (Å²) in [7, 11) is -3.40. The van der Waals surface area contributed by atoms with E-state index in [1.54, 1.807) is 28.9 Å². The molecule has 1 aromatic carbocycles. The predicted octanol–water partition coefficient (Wildman–Crippen LogP) is 2.58. The van der Waals surface area contributed by atoms with E-state index in [0.29, 0.717) is 42.6 Å². The number of nitrogens with zero attached hydrogens (tertiary/aromatic N) is 6. The van der Waals surface area contributed by atoms with Gasteiger partial charge in [0, 0.05) is 36.9 Å². The van der Waals surface area contributed by atoms with Crippen LogP contribution in [0.4, 0.5) is 5.82 Å². The molecule has 1 fully saturated rings. The van der Waals surface area contributed by atoms with Gasteiger partial charge in [0.2, 0.25) is 10.0 Å². The van der Waals surface area contributed by atoms with Crippen LogP contribution in [-0.2, 0) is 15.8 Å². The van der Waals surface area contributed by atoms with Crippen molar-refractivity contribution >= 4 is 27.4 Å². The van der Waals surface area contributed by atoms with Gasteiger partial charge in [0.15, 0.2) is 11.6 Å². The number of anilines is 1. The highest BCUT2D eigenvalue weighted by molar-refractivity contribution is 7.88. The second-order valence-corrected chi connectivity index (χ2v) is 9.77. The minimum atomic E-state index is -3.40. The summed E-state index contributed by atoms with van der Waals surface area (Å²) in [6.45, 7) is 5.84. The third-order valence-corrected chi connectivity index (χ3v) is 7.14. The molecule has 8 nitrogen and oxygen atoms in total. The minimum absolute atomic E-state index is 0.0509. The number of aryl methyl sites for hydroxylation is 2. The lowest BCUT2D eigenvalue weighted by atomic mass is 10.2. The first-order valence-electron chi connectivity index (χ1n) is 9.66. The van der Waals surface area contributed by atoms with E-state index in [1.807, 2.05) is 36.9 Å². The van der Waals surface area contributed by atoms with Crippen LogP contribution < -0.4 is 4.90 Å². The fraction of sp³-hybridized carbons (Fsp3) is 0.350. The number of piperazine rings is 1. The quantitative estimate of drug-likeness (QED) is 0.599. The van der Waals surface area contributed by atoms with Gasteiger partial charge in [-0.05, 0) is 49.7 Å². The van der Waals surface area contributed by atoms with Crippen molar-refractivity contribution in [3.05, 3.63) is 64.4 Å². The highest BCUT2D eigenvalue weighted by Crippen LogP contribution is 2.19. The van der Waals surface area contributed by atoms with Crippen LogP contribution in [0.5, 0.6) is 0 Å². The molecule has 0 radical (unpaired) electrons. The second-order valence-electron chi connectivity index (χ2n) is 7.36. The number of benzene rings is 1. The molecule has 0 amide bonds. The first-order valence-corrected chi connectivity index (χ1v) is 11.7. The molecule has 0 saturated carbocycles. The van der Waals surface area contributed by atoms with E-state index < -0.39 is 10.0 Å². The number of hydrogen-bond donors (Lipinski definition) is 0. The highest BCUT2D eigenvalue weighted by atomic mass is 35.5. The molecule has 4 rings (SSSR count). The third-order valence-electron chi connectivity index (χ3n) is 5.06. The summed E-state index contributed by atoms with van der Waals surface area (Å²) >= 11 is 5.97. The van der Waals surface area contributed by atoms with Crippen molar-refractivity contribution < 1.29 is 8.42 Å². The average Bonchev–Trinajstić information content (AvgIpc) is 3.06. The van der Waals surface area contributed by atoms with E-state index >= 15 is 0 Å². The van der Waals surface area contributed by atoms with Gasteiger partial charge in [-0.3, -0.25) is 0 Å². The van der Waals surface area contributed by atoms with Crippen LogP contribution in [0.2, 0.25) is 5.02 Å². The van der Waals surface area contributed by atoms with Gasteiger partial charge >= 0.3 is 0 Å². The van der Waals surface area contributed by atoms with Crippen molar-refractivity contribution in [2.45, 2.75) is 19.6 Å². The first kappa shape index (κ1) is 20.8. The van der Waals surface area contributed by atoms with Gasteiger partial charge in [-0.2, -0.15) is 9.40 Å². The van der Waals surface area contributed by atoms with Gasteiger partial charge in [0.05, 0.1) is 11.4 Å². The topological polar surface area (TPSA) is 84.2 Å². The fourth-order valence-corrected chi connectivity index (χ4v) is 5.30. The molecule has 1 saturated heterocycles. The van der Waals surface area contributed by atoms with Crippen molar-refractivity contribution in [2.24, 2.45) is 0 Å². The van der Waals surface area contributed by atoms with Crippen LogP contribution in [-0.4, -0.2) is 58.9 Å². The first-order chi connectivity index (χ1) is 14.3. The lowest BCUT2D eigenvalue weighted by Crippen LogP contribution is -2.49. The molecule has 3 heterocycles. The maximum atomic E-state index is 12.8. The SMILES string of the molecule is Cc1cc(C)n(-c2ccc(N3CCN(S(=O)(=O)Cc4cccc(Cl)c4)CC3)nn2)n1. The van der Waals surface area contributed by atoms with E-state index in [1.165, 1.54) is 4.31 Å². The molecule has 1 aliphatic heterocycles. The summed E-state index contributed by atoms with van der Waals surface area (Å²) in [4.78, 5) is 2.05. The molecule has 3 aromatic rings. The maximum absolute atomic E-state index is 12.8. The van der Waals surface area contributed by atoms with Gasteiger partial charge in [-0.25, -0.2) is 13.1 Å². The number of hydrogen-bond acceptors (Lipinski definition) is 6. The van der Waals surface area contributed by atoms with Crippen molar-refractivity contribution in [2.75, 3.05) is 31.1 Å². The Balaban J connectivity index is 1.40. The van der Waals surface area contributed by atoms with Gasteiger partial charge in [-0.15, -0.1) is 10.2 Å². The number of rotatable bonds is 5. The average molecular weight is 447 g/mol. The largest absolute Gasteiger partial charge is 0.352 e. The molecule has 158 valence electrons. The molecular formula is C20H23ClN6O2S. The van der Waals surface area contributed by atoms with Crippen LogP contribution >= 0.6 is 11.6 Å². The Morgan fingerprint density at radius 2 is 1.67 bits per heavy atom. The van der Waals surface area contributed by atoms with Crippen LogP contribution in [0, 0.1) is 13.8 Å². The highest BCUT2D eigenvalue weighted by Gasteiger charge is 2.27. The summed E-state index contributed by atoms with van der Waals surface area (Å²) in [5.74, 6) is 1.34. The van der Waals surface area contributed by atoms with Crippen molar-refractivity contribution in [3.63, 3.8) is 0 Å². The number of aromatic nitrogens is 4. The summed E-state index contributed by atoms with van der Waals surface area (Å²) in [6.07, 6.45) is 0. The number of sulfonamides is 1. The zero-order chi connectivity index (χ0) is 21.3. The van der Waals surface area contributed by atoms with Crippen molar-refractivity contribution in [1.29, 1.82) is 0 Å². The molecule has 0 unspecified atom stereocenters. The zero-order valence-electron chi connectivity index (χ0n) is 16.9. The van der Waals surface area contributed by atoms with E-state index in [9.17, 15) is 8.42 Å². The lowest BCUT2D eigenvalue weighted by molar-refractivity contribution is 0.383. The zero-order valence-corrected chi connectivity index (χ0v) is 18.4. The van der Waals surface area contributed by atoms with Crippen molar-refractivity contribution in [1.82, 2.24) is 24.3 Å². The Hall–Kier alpha value is -2.49. The van der Waals surface area contributed by atoms with Crippen LogP contribution in [0.1, 0.15) is 17.0 Å². The van der Waals surface area contributed by atoms with Crippen molar-refractivity contribution in [3.8, 4) is 5.82 Å². The Labute approximate surface area is 181 Å². The lowest BCUT2D eigenvalue weighted by Gasteiger charge is -2.34. The normalized spacial score (nSPS) is 15.5. The molecule has 0 aliphatic carbocycles. The standard InChI is InChI=1S/C20H23ClN6O2S/c1-15-12-16(2)27(24-15)20-7-6-19(22-23-20)25-8-10-26(11-9-25)30(28,29)14-17-4-3-5-18(21)13-17/h3-7,12-13H,8-11,14H2,1-2H3. The summed E-state index contributed by atoms with van der Waals surface area (Å²) in [5.41, 5.74) is 2.61. The van der Waals surface area contributed by atoms with E-state index in [2.05, 4.69) is 15.3 Å². The molecule has 0 spiro atoms. The smallest absolute Gasteiger partial charge is 0.218 e. The number of halogens is 1. The molecule has 0 bridgehead atoms. The predicted molar refractivity (Wildman–Crippen MR) is 116 cm³/mol. The summed E-state index contributed by atoms with van der Waals surface area (Å²) in [6, 6.07) is 12.7. The Bertz CT molecular complexity index is 1140. The van der Waals surface area contributed by atoms with Gasteiger partial charge in [-0.1, -0.05) is 23.7 Å². The summed E-state index contributed by atoms with van der Waals surface area (Å²) < 4.78 is 28.8. The Kier molecular flexibility index (Phi) is 5.77. The maximum Gasteiger partial charge on any atom is 0.218 e. The van der Waals surface area contributed by atoms with Gasteiger partial charge in [0.25, 0.3) is 0 Å². The second kappa shape index (κ2) is 8.33. The molecule has 0 N–H and O–H groups in total. The molecule has 30 heavy (non-hydrogen) atoms. The molecule has 10 heteroatoms. The van der Waals surface area contributed by atoms with Crippen LogP contribution in [0.15, 0.2) is 42.5 Å². The van der Waals surface area contributed by atoms with Gasteiger partial charge < -0.3 is 4.90 Å². The monoisotopic (exact) mass is 446 g/mol.